The molecule has 0 saturated heterocycles. The van der Waals surface area contributed by atoms with E-state index in [1.165, 1.54) is 42.3 Å². The zero-order valence-electron chi connectivity index (χ0n) is 32.1. The van der Waals surface area contributed by atoms with Crippen LogP contribution < -0.4 is 20.7 Å². The highest BCUT2D eigenvalue weighted by Gasteiger charge is 2.44. The van der Waals surface area contributed by atoms with Crippen LogP contribution in [0.2, 0.25) is 0 Å². The van der Waals surface area contributed by atoms with Crippen molar-refractivity contribution in [3.63, 3.8) is 0 Å². The van der Waals surface area contributed by atoms with Gasteiger partial charge < -0.3 is 8.83 Å². The summed E-state index contributed by atoms with van der Waals surface area (Å²) < 4.78 is 13.3. The molecule has 12 aromatic rings. The molecule has 0 spiro atoms. The van der Waals surface area contributed by atoms with Crippen LogP contribution >= 0.6 is 0 Å². The van der Waals surface area contributed by atoms with E-state index >= 15 is 0 Å². The third-order valence-electron chi connectivity index (χ3n) is 12.5. The lowest BCUT2D eigenvalue weighted by molar-refractivity contribution is 0.669. The minimum Gasteiger partial charge on any atom is -0.455 e. The summed E-state index contributed by atoms with van der Waals surface area (Å²) in [6, 6.07) is 79.9. The van der Waals surface area contributed by atoms with Crippen LogP contribution in [0.4, 0.5) is 0 Å². The van der Waals surface area contributed by atoms with Crippen molar-refractivity contribution in [3.8, 4) is 22.3 Å². The van der Waals surface area contributed by atoms with Gasteiger partial charge in [-0.25, -0.2) is 0 Å². The first-order valence-corrected chi connectivity index (χ1v) is 22.3. The van der Waals surface area contributed by atoms with E-state index in [0.717, 1.165) is 66.1 Å². The maximum atomic E-state index is 6.63. The Morgan fingerprint density at radius 1 is 0.237 bits per heavy atom. The Labute approximate surface area is 342 Å². The standard InChI is InChI=1S/C56H36O2Si/c1-3-17-37(18-4-1)59(38-19-5-2-6-20-38,53-35-33-41(39-21-7-9-25-45(39)53)47-27-15-29-49-43-23-11-13-31-51(43)57-55(47)49)54-36-34-42(40-22-8-10-26-46(40)54)48-28-16-30-50-44-24-12-14-32-52(44)58-56(48)50/h1-36H. The molecule has 59 heavy (non-hydrogen) atoms. The highest BCUT2D eigenvalue weighted by Crippen LogP contribution is 2.40. The van der Waals surface area contributed by atoms with Gasteiger partial charge in [0, 0.05) is 32.7 Å². The summed E-state index contributed by atoms with van der Waals surface area (Å²) in [5.74, 6) is 0. The Hall–Kier alpha value is -7.46. The van der Waals surface area contributed by atoms with Crippen molar-refractivity contribution < 1.29 is 8.83 Å². The molecule has 0 radical (unpaired) electrons. The predicted molar refractivity (Wildman–Crippen MR) is 250 cm³/mol. The quantitative estimate of drug-likeness (QED) is 0.124. The first-order chi connectivity index (χ1) is 29.3. The van der Waals surface area contributed by atoms with E-state index in [-0.39, 0.29) is 0 Å². The smallest absolute Gasteiger partial charge is 0.180 e. The summed E-state index contributed by atoms with van der Waals surface area (Å²) in [5, 5.41) is 14.8. The fraction of sp³-hybridized carbons (Fsp3) is 0. The summed E-state index contributed by atoms with van der Waals surface area (Å²) in [6.45, 7) is 0. The molecule has 10 aromatic carbocycles. The molecule has 0 fully saturated rings. The normalized spacial score (nSPS) is 12.1. The molecule has 0 aliphatic heterocycles. The van der Waals surface area contributed by atoms with Gasteiger partial charge in [0.1, 0.15) is 22.3 Å². The summed E-state index contributed by atoms with van der Waals surface area (Å²) in [5.41, 5.74) is 8.17. The van der Waals surface area contributed by atoms with E-state index in [2.05, 4.69) is 206 Å². The molecule has 0 saturated carbocycles. The van der Waals surface area contributed by atoms with Crippen molar-refractivity contribution in [3.05, 3.63) is 218 Å². The van der Waals surface area contributed by atoms with Crippen molar-refractivity contribution in [2.75, 3.05) is 0 Å². The second-order valence-corrected chi connectivity index (χ2v) is 19.2. The van der Waals surface area contributed by atoms with E-state index in [9.17, 15) is 0 Å². The van der Waals surface area contributed by atoms with Gasteiger partial charge in [0.25, 0.3) is 0 Å². The second-order valence-electron chi connectivity index (χ2n) is 15.5. The molecule has 2 aromatic heterocycles. The molecular weight excluding hydrogens is 733 g/mol. The van der Waals surface area contributed by atoms with Gasteiger partial charge in [-0.15, -0.1) is 0 Å². The van der Waals surface area contributed by atoms with Gasteiger partial charge in [0.2, 0.25) is 0 Å². The van der Waals surface area contributed by atoms with Gasteiger partial charge in [-0.1, -0.05) is 206 Å². The van der Waals surface area contributed by atoms with Gasteiger partial charge in [-0.2, -0.15) is 0 Å². The number of hydrogen-bond donors (Lipinski definition) is 0. The van der Waals surface area contributed by atoms with E-state index in [4.69, 9.17) is 8.83 Å². The van der Waals surface area contributed by atoms with Gasteiger partial charge in [0.05, 0.1) is 0 Å². The Balaban J connectivity index is 1.18. The summed E-state index contributed by atoms with van der Waals surface area (Å²) in [6.07, 6.45) is 0. The van der Waals surface area contributed by atoms with E-state index in [1.807, 2.05) is 12.1 Å². The van der Waals surface area contributed by atoms with Crippen LogP contribution in [0.1, 0.15) is 0 Å². The number of fused-ring (bicyclic) bond motifs is 8. The van der Waals surface area contributed by atoms with Crippen LogP contribution in [0.25, 0.3) is 87.7 Å². The molecular formula is C56H36O2Si. The first-order valence-electron chi connectivity index (χ1n) is 20.3. The predicted octanol–water partition coefficient (Wildman–Crippen LogP) is 12.5. The minimum absolute atomic E-state index is 0.905. The summed E-state index contributed by atoms with van der Waals surface area (Å²) >= 11 is 0. The monoisotopic (exact) mass is 768 g/mol. The van der Waals surface area contributed by atoms with Gasteiger partial charge in [0.15, 0.2) is 8.07 Å². The Morgan fingerprint density at radius 2 is 0.593 bits per heavy atom. The SMILES string of the molecule is c1ccc([Si](c2ccccc2)(c2ccc(-c3cccc4c3oc3ccccc34)c3ccccc23)c2ccc(-c3cccc4c3oc3ccccc34)c3ccccc23)cc1. The van der Waals surface area contributed by atoms with Crippen LogP contribution in [0.5, 0.6) is 0 Å². The molecule has 2 heterocycles. The first kappa shape index (κ1) is 33.7. The average molecular weight is 769 g/mol. The largest absolute Gasteiger partial charge is 0.455 e. The molecule has 0 atom stereocenters. The number of benzene rings is 10. The fourth-order valence-electron chi connectivity index (χ4n) is 9.95. The van der Waals surface area contributed by atoms with Crippen molar-refractivity contribution in [2.45, 2.75) is 0 Å². The van der Waals surface area contributed by atoms with Crippen LogP contribution in [-0.4, -0.2) is 8.07 Å². The van der Waals surface area contributed by atoms with Crippen LogP contribution in [0.15, 0.2) is 227 Å². The maximum absolute atomic E-state index is 6.63. The highest BCUT2D eigenvalue weighted by atomic mass is 28.3. The molecule has 2 nitrogen and oxygen atoms in total. The zero-order chi connectivity index (χ0) is 38.9. The van der Waals surface area contributed by atoms with Gasteiger partial charge >= 0.3 is 0 Å². The van der Waals surface area contributed by atoms with Crippen molar-refractivity contribution >= 4 is 94.2 Å². The van der Waals surface area contributed by atoms with Crippen molar-refractivity contribution in [1.82, 2.24) is 0 Å². The van der Waals surface area contributed by atoms with Gasteiger partial charge in [-0.05, 0) is 65.6 Å². The number of para-hydroxylation sites is 4. The van der Waals surface area contributed by atoms with Crippen LogP contribution in [0, 0.1) is 0 Å². The second kappa shape index (κ2) is 13.3. The lowest BCUT2D eigenvalue weighted by Crippen LogP contribution is -2.75. The third-order valence-corrected chi connectivity index (χ3v) is 17.3. The molecule has 0 N–H and O–H groups in total. The lowest BCUT2D eigenvalue weighted by Gasteiger charge is -2.36. The minimum atomic E-state index is -3.08. The van der Waals surface area contributed by atoms with E-state index in [0.29, 0.717) is 0 Å². The number of rotatable bonds is 6. The molecule has 0 aliphatic carbocycles. The van der Waals surface area contributed by atoms with Crippen molar-refractivity contribution in [1.29, 1.82) is 0 Å². The average Bonchev–Trinajstić information content (AvgIpc) is 3.89. The molecule has 0 amide bonds. The topological polar surface area (TPSA) is 26.3 Å². The van der Waals surface area contributed by atoms with E-state index < -0.39 is 8.07 Å². The maximum Gasteiger partial charge on any atom is 0.180 e. The molecule has 3 heteroatoms. The molecule has 12 rings (SSSR count). The third kappa shape index (κ3) is 4.99. The Kier molecular flexibility index (Phi) is 7.59. The van der Waals surface area contributed by atoms with E-state index in [1.54, 1.807) is 0 Å². The Morgan fingerprint density at radius 3 is 1.03 bits per heavy atom. The summed E-state index contributed by atoms with van der Waals surface area (Å²) in [7, 11) is -3.08. The van der Waals surface area contributed by atoms with Gasteiger partial charge in [-0.3, -0.25) is 0 Å². The molecule has 0 aliphatic rings. The molecule has 0 bridgehead atoms. The van der Waals surface area contributed by atoms with Crippen LogP contribution in [-0.2, 0) is 0 Å². The summed E-state index contributed by atoms with van der Waals surface area (Å²) in [4.78, 5) is 0. The molecule has 0 unspecified atom stereocenters. The zero-order valence-corrected chi connectivity index (χ0v) is 33.1. The lowest BCUT2D eigenvalue weighted by atomic mass is 9.96. The number of hydrogen-bond acceptors (Lipinski definition) is 2. The van der Waals surface area contributed by atoms with Crippen molar-refractivity contribution in [2.24, 2.45) is 0 Å². The highest BCUT2D eigenvalue weighted by molar-refractivity contribution is 7.21. The fourth-order valence-corrected chi connectivity index (χ4v) is 15.1. The van der Waals surface area contributed by atoms with Crippen LogP contribution in [0.3, 0.4) is 0 Å². The Bertz CT molecular complexity index is 3320. The number of furan rings is 2. The molecule has 276 valence electrons.